The number of hydrogen-bond donors (Lipinski definition) is 0. The molecule has 0 spiro atoms. The van der Waals surface area contributed by atoms with Gasteiger partial charge in [0.15, 0.2) is 0 Å². The summed E-state index contributed by atoms with van der Waals surface area (Å²) >= 11 is 6.28. The summed E-state index contributed by atoms with van der Waals surface area (Å²) in [5.74, 6) is -1.21. The maximum absolute atomic E-state index is 13.6. The molecule has 0 aliphatic carbocycles. The number of fused-ring (bicyclic) bond motifs is 1. The summed E-state index contributed by atoms with van der Waals surface area (Å²) in [4.78, 5) is 51.8. The number of benzene rings is 2. The van der Waals surface area contributed by atoms with Gasteiger partial charge in [0.25, 0.3) is 5.56 Å². The molecule has 1 aromatic heterocycles. The van der Waals surface area contributed by atoms with Crippen molar-refractivity contribution in [2.45, 2.75) is 34.2 Å². The second kappa shape index (κ2) is 9.40. The number of carbonyl (C=O) groups is 2. The van der Waals surface area contributed by atoms with Crippen molar-refractivity contribution < 1.29 is 19.1 Å². The molecule has 0 N–H and O–H groups in total. The lowest BCUT2D eigenvalue weighted by atomic mass is 9.98. The summed E-state index contributed by atoms with van der Waals surface area (Å²) in [5, 5.41) is 0.298. The SMILES string of the molecule is CCOC(=O)Cn1c(=O)n(-c2ccccc2Cl)c(=O)c2c(C)c(C(=O)OCC)c(C)cc21. The molecule has 0 aliphatic heterocycles. The highest BCUT2D eigenvalue weighted by atomic mass is 35.5. The Labute approximate surface area is 188 Å². The number of esters is 2. The van der Waals surface area contributed by atoms with Crippen molar-refractivity contribution in [1.29, 1.82) is 0 Å². The summed E-state index contributed by atoms with van der Waals surface area (Å²) in [5.41, 5.74) is 0.0963. The second-order valence-corrected chi connectivity index (χ2v) is 7.48. The molecule has 0 aliphatic rings. The third kappa shape index (κ3) is 4.05. The van der Waals surface area contributed by atoms with E-state index < -0.39 is 29.7 Å². The summed E-state index contributed by atoms with van der Waals surface area (Å²) in [6, 6.07) is 7.92. The molecule has 8 nitrogen and oxygen atoms in total. The van der Waals surface area contributed by atoms with Crippen LogP contribution in [0.3, 0.4) is 0 Å². The number of carbonyl (C=O) groups excluding carboxylic acids is 2. The van der Waals surface area contributed by atoms with E-state index in [2.05, 4.69) is 0 Å². The van der Waals surface area contributed by atoms with Crippen molar-refractivity contribution in [1.82, 2.24) is 9.13 Å². The fourth-order valence-electron chi connectivity index (χ4n) is 3.72. The van der Waals surface area contributed by atoms with Gasteiger partial charge < -0.3 is 9.47 Å². The molecule has 0 radical (unpaired) electrons. The van der Waals surface area contributed by atoms with E-state index in [1.165, 1.54) is 12.1 Å². The van der Waals surface area contributed by atoms with Gasteiger partial charge in [0.2, 0.25) is 0 Å². The van der Waals surface area contributed by atoms with Crippen LogP contribution < -0.4 is 11.2 Å². The predicted molar refractivity (Wildman–Crippen MR) is 121 cm³/mol. The van der Waals surface area contributed by atoms with E-state index in [-0.39, 0.29) is 40.4 Å². The minimum absolute atomic E-state index is 0.113. The minimum atomic E-state index is -0.744. The average Bonchev–Trinajstić information content (AvgIpc) is 2.72. The van der Waals surface area contributed by atoms with E-state index in [0.29, 0.717) is 11.1 Å². The van der Waals surface area contributed by atoms with Crippen LogP contribution in [0, 0.1) is 13.8 Å². The molecule has 32 heavy (non-hydrogen) atoms. The molecule has 3 aromatic rings. The molecule has 168 valence electrons. The molecule has 2 aromatic carbocycles. The largest absolute Gasteiger partial charge is 0.465 e. The lowest BCUT2D eigenvalue weighted by Crippen LogP contribution is -2.41. The van der Waals surface area contributed by atoms with Crippen molar-refractivity contribution in [3.05, 3.63) is 72.9 Å². The Bertz CT molecular complexity index is 1340. The van der Waals surface area contributed by atoms with Gasteiger partial charge >= 0.3 is 17.6 Å². The van der Waals surface area contributed by atoms with Crippen LogP contribution in [0.1, 0.15) is 35.3 Å². The van der Waals surface area contributed by atoms with Crippen molar-refractivity contribution in [3.63, 3.8) is 0 Å². The number of nitrogens with zero attached hydrogens (tertiary/aromatic N) is 2. The molecule has 0 saturated carbocycles. The lowest BCUT2D eigenvalue weighted by Gasteiger charge is -2.18. The normalized spacial score (nSPS) is 10.9. The Morgan fingerprint density at radius 3 is 2.31 bits per heavy atom. The fourth-order valence-corrected chi connectivity index (χ4v) is 3.94. The van der Waals surface area contributed by atoms with Crippen LogP contribution in [0.15, 0.2) is 39.9 Å². The monoisotopic (exact) mass is 458 g/mol. The fraction of sp³-hybridized carbons (Fsp3) is 0.304. The first-order chi connectivity index (χ1) is 15.2. The van der Waals surface area contributed by atoms with Crippen LogP contribution in [-0.4, -0.2) is 34.3 Å². The topological polar surface area (TPSA) is 96.6 Å². The molecule has 1 heterocycles. The molecular formula is C23H23ClN2O6. The van der Waals surface area contributed by atoms with Crippen LogP contribution in [0.5, 0.6) is 0 Å². The van der Waals surface area contributed by atoms with E-state index in [4.69, 9.17) is 21.1 Å². The number of hydrogen-bond acceptors (Lipinski definition) is 6. The molecule has 0 saturated heterocycles. The summed E-state index contributed by atoms with van der Waals surface area (Å²) < 4.78 is 12.2. The van der Waals surface area contributed by atoms with Gasteiger partial charge in [0.05, 0.1) is 40.4 Å². The average molecular weight is 459 g/mol. The number of aryl methyl sites for hydroxylation is 2. The Kier molecular flexibility index (Phi) is 6.84. The zero-order valence-corrected chi connectivity index (χ0v) is 19.0. The van der Waals surface area contributed by atoms with Crippen LogP contribution in [0.4, 0.5) is 0 Å². The Balaban J connectivity index is 2.49. The standard InChI is InChI=1S/C23H23ClN2O6/c1-5-31-18(27)12-25-17-11-13(3)19(22(29)32-6-2)14(4)20(17)21(28)26(23(25)30)16-10-8-7-9-15(16)24/h7-11H,5-6,12H2,1-4H3. The summed E-state index contributed by atoms with van der Waals surface area (Å²) in [6.45, 7) is 6.53. The van der Waals surface area contributed by atoms with Gasteiger partial charge in [0.1, 0.15) is 6.54 Å². The van der Waals surface area contributed by atoms with Gasteiger partial charge in [-0.2, -0.15) is 0 Å². The van der Waals surface area contributed by atoms with Gasteiger partial charge in [-0.1, -0.05) is 23.7 Å². The Hall–Kier alpha value is -3.39. The molecule has 9 heteroatoms. The number of aromatic nitrogens is 2. The summed E-state index contributed by atoms with van der Waals surface area (Å²) in [6.07, 6.45) is 0. The van der Waals surface area contributed by atoms with Gasteiger partial charge in [-0.25, -0.2) is 14.2 Å². The third-order valence-corrected chi connectivity index (χ3v) is 5.37. The van der Waals surface area contributed by atoms with E-state index >= 15 is 0 Å². The van der Waals surface area contributed by atoms with Gasteiger partial charge in [-0.3, -0.25) is 14.2 Å². The smallest absolute Gasteiger partial charge is 0.338 e. The molecule has 3 rings (SSSR count). The van der Waals surface area contributed by atoms with E-state index in [1.54, 1.807) is 45.9 Å². The zero-order chi connectivity index (χ0) is 23.6. The van der Waals surface area contributed by atoms with Crippen molar-refractivity contribution in [2.75, 3.05) is 13.2 Å². The second-order valence-electron chi connectivity index (χ2n) is 7.07. The number of ether oxygens (including phenoxy) is 2. The van der Waals surface area contributed by atoms with E-state index in [9.17, 15) is 19.2 Å². The molecule has 0 amide bonds. The van der Waals surface area contributed by atoms with E-state index in [0.717, 1.165) is 9.13 Å². The minimum Gasteiger partial charge on any atom is -0.465 e. The van der Waals surface area contributed by atoms with Crippen molar-refractivity contribution in [3.8, 4) is 5.69 Å². The highest BCUT2D eigenvalue weighted by Crippen LogP contribution is 2.25. The highest BCUT2D eigenvalue weighted by molar-refractivity contribution is 6.32. The zero-order valence-electron chi connectivity index (χ0n) is 18.2. The van der Waals surface area contributed by atoms with Crippen LogP contribution in [0.2, 0.25) is 5.02 Å². The van der Waals surface area contributed by atoms with Crippen molar-refractivity contribution in [2.24, 2.45) is 0 Å². The van der Waals surface area contributed by atoms with E-state index in [1.807, 2.05) is 0 Å². The summed E-state index contributed by atoms with van der Waals surface area (Å²) in [7, 11) is 0. The van der Waals surface area contributed by atoms with Crippen LogP contribution in [-0.2, 0) is 20.8 Å². The van der Waals surface area contributed by atoms with Gasteiger partial charge in [-0.05, 0) is 57.0 Å². The molecule has 0 fully saturated rings. The highest BCUT2D eigenvalue weighted by Gasteiger charge is 2.24. The predicted octanol–water partition coefficient (Wildman–Crippen LogP) is 3.16. The first kappa shape index (κ1) is 23.3. The third-order valence-electron chi connectivity index (χ3n) is 5.05. The van der Waals surface area contributed by atoms with Gasteiger partial charge in [0, 0.05) is 0 Å². The molecule has 0 atom stereocenters. The van der Waals surface area contributed by atoms with Crippen molar-refractivity contribution >= 4 is 34.4 Å². The first-order valence-electron chi connectivity index (χ1n) is 10.1. The van der Waals surface area contributed by atoms with Crippen LogP contribution >= 0.6 is 11.6 Å². The Morgan fingerprint density at radius 1 is 1.03 bits per heavy atom. The molecular weight excluding hydrogens is 436 g/mol. The maximum atomic E-state index is 13.6. The maximum Gasteiger partial charge on any atom is 0.338 e. The lowest BCUT2D eigenvalue weighted by molar-refractivity contribution is -0.143. The van der Waals surface area contributed by atoms with Gasteiger partial charge in [-0.15, -0.1) is 0 Å². The first-order valence-corrected chi connectivity index (χ1v) is 10.5. The Morgan fingerprint density at radius 2 is 1.69 bits per heavy atom. The molecule has 0 unspecified atom stereocenters. The quantitative estimate of drug-likeness (QED) is 0.526. The molecule has 0 bridgehead atoms. The number of para-hydroxylation sites is 1. The number of halogens is 1. The van der Waals surface area contributed by atoms with Crippen LogP contribution in [0.25, 0.3) is 16.6 Å². The number of rotatable bonds is 6.